The van der Waals surface area contributed by atoms with Crippen molar-refractivity contribution in [2.45, 2.75) is 19.3 Å². The lowest BCUT2D eigenvalue weighted by Gasteiger charge is -2.09. The van der Waals surface area contributed by atoms with Gasteiger partial charge in [-0.3, -0.25) is 4.79 Å². The molecule has 2 aromatic carbocycles. The third-order valence-corrected chi connectivity index (χ3v) is 3.56. The fourth-order valence-corrected chi connectivity index (χ4v) is 2.33. The molecule has 3 heteroatoms. The van der Waals surface area contributed by atoms with Gasteiger partial charge in [0.1, 0.15) is 5.75 Å². The van der Waals surface area contributed by atoms with Crippen LogP contribution in [-0.2, 0) is 6.42 Å². The molecule has 104 valence electrons. The van der Waals surface area contributed by atoms with Gasteiger partial charge in [-0.15, -0.1) is 0 Å². The van der Waals surface area contributed by atoms with Crippen LogP contribution in [0.2, 0.25) is 0 Å². The molecule has 0 aliphatic rings. The van der Waals surface area contributed by atoms with Crippen molar-refractivity contribution in [3.05, 3.63) is 64.1 Å². The zero-order valence-corrected chi connectivity index (χ0v) is 12.8. The second-order valence-electron chi connectivity index (χ2n) is 4.59. The van der Waals surface area contributed by atoms with Crippen molar-refractivity contribution in [1.82, 2.24) is 0 Å². The van der Waals surface area contributed by atoms with E-state index in [4.69, 9.17) is 4.74 Å². The molecule has 0 aliphatic carbocycles. The maximum absolute atomic E-state index is 10.9. The molecule has 0 radical (unpaired) electrons. The molecule has 2 aromatic rings. The number of unbranched alkanes of at least 4 members (excludes halogenated alkanes) is 1. The van der Waals surface area contributed by atoms with E-state index in [2.05, 4.69) is 40.2 Å². The largest absolute Gasteiger partial charge is 0.493 e. The van der Waals surface area contributed by atoms with E-state index in [0.717, 1.165) is 30.0 Å². The lowest BCUT2D eigenvalue weighted by molar-refractivity contribution is 0.111. The molecular formula is C17H17BrO2. The average Bonchev–Trinajstić information content (AvgIpc) is 2.48. The third-order valence-electron chi connectivity index (χ3n) is 3.06. The minimum absolute atomic E-state index is 0.594. The van der Waals surface area contributed by atoms with Crippen LogP contribution in [0.1, 0.15) is 28.8 Å². The van der Waals surface area contributed by atoms with Crippen LogP contribution in [0, 0.1) is 0 Å². The smallest absolute Gasteiger partial charge is 0.153 e. The number of ether oxygens (including phenoxy) is 1. The Morgan fingerprint density at radius 2 is 1.85 bits per heavy atom. The zero-order valence-electron chi connectivity index (χ0n) is 11.2. The lowest BCUT2D eigenvalue weighted by Crippen LogP contribution is -2.00. The molecule has 2 nitrogen and oxygen atoms in total. The number of benzene rings is 2. The number of halogens is 1. The molecule has 0 aromatic heterocycles. The molecule has 0 bridgehead atoms. The molecule has 0 saturated heterocycles. The van der Waals surface area contributed by atoms with Gasteiger partial charge in [0.05, 0.1) is 12.2 Å². The van der Waals surface area contributed by atoms with Crippen LogP contribution in [0.15, 0.2) is 53.0 Å². The second kappa shape index (κ2) is 7.85. The molecule has 0 aliphatic heterocycles. The van der Waals surface area contributed by atoms with E-state index in [-0.39, 0.29) is 0 Å². The molecule has 0 saturated carbocycles. The van der Waals surface area contributed by atoms with Crippen molar-refractivity contribution in [2.24, 2.45) is 0 Å². The lowest BCUT2D eigenvalue weighted by atomic mass is 10.1. The first kappa shape index (κ1) is 14.8. The van der Waals surface area contributed by atoms with E-state index >= 15 is 0 Å². The number of aryl methyl sites for hydroxylation is 1. The van der Waals surface area contributed by atoms with Gasteiger partial charge in [0.15, 0.2) is 6.29 Å². The van der Waals surface area contributed by atoms with E-state index in [9.17, 15) is 4.79 Å². The molecule has 0 atom stereocenters. The van der Waals surface area contributed by atoms with Crippen LogP contribution >= 0.6 is 15.9 Å². The second-order valence-corrected chi connectivity index (χ2v) is 5.51. The molecule has 0 spiro atoms. The Hall–Kier alpha value is -1.61. The Labute approximate surface area is 127 Å². The monoisotopic (exact) mass is 332 g/mol. The molecule has 2 rings (SSSR count). The summed E-state index contributed by atoms with van der Waals surface area (Å²) in [4.78, 5) is 10.9. The maximum Gasteiger partial charge on any atom is 0.153 e. The van der Waals surface area contributed by atoms with Crippen LogP contribution in [0.25, 0.3) is 0 Å². The molecular weight excluding hydrogens is 316 g/mol. The van der Waals surface area contributed by atoms with Crippen molar-refractivity contribution < 1.29 is 9.53 Å². The first-order valence-corrected chi connectivity index (χ1v) is 7.50. The highest BCUT2D eigenvalue weighted by Gasteiger charge is 2.03. The minimum atomic E-state index is 0.594. The van der Waals surface area contributed by atoms with E-state index < -0.39 is 0 Å². The molecule has 0 N–H and O–H groups in total. The van der Waals surface area contributed by atoms with Gasteiger partial charge in [0.25, 0.3) is 0 Å². The fraction of sp³-hybridized carbons (Fsp3) is 0.235. The van der Waals surface area contributed by atoms with Crippen molar-refractivity contribution in [2.75, 3.05) is 6.61 Å². The maximum atomic E-state index is 10.9. The highest BCUT2D eigenvalue weighted by molar-refractivity contribution is 9.10. The van der Waals surface area contributed by atoms with Crippen molar-refractivity contribution >= 4 is 22.2 Å². The molecule has 20 heavy (non-hydrogen) atoms. The number of hydrogen-bond donors (Lipinski definition) is 0. The molecule has 0 fully saturated rings. The number of carbonyl (C=O) groups is 1. The Morgan fingerprint density at radius 1 is 1.05 bits per heavy atom. The van der Waals surface area contributed by atoms with Gasteiger partial charge in [-0.1, -0.05) is 46.3 Å². The SMILES string of the molecule is O=Cc1ccc(Br)cc1OCCCCc1ccccc1. The normalized spacial score (nSPS) is 10.2. The quantitative estimate of drug-likeness (QED) is 0.544. The van der Waals surface area contributed by atoms with Gasteiger partial charge in [-0.2, -0.15) is 0 Å². The van der Waals surface area contributed by atoms with E-state index in [0.29, 0.717) is 17.9 Å². The summed E-state index contributed by atoms with van der Waals surface area (Å²) in [6.07, 6.45) is 3.93. The van der Waals surface area contributed by atoms with Gasteiger partial charge in [-0.05, 0) is 43.0 Å². The van der Waals surface area contributed by atoms with Crippen LogP contribution in [-0.4, -0.2) is 12.9 Å². The number of carbonyl (C=O) groups excluding carboxylic acids is 1. The summed E-state index contributed by atoms with van der Waals surface area (Å²) in [5.74, 6) is 0.647. The first-order valence-electron chi connectivity index (χ1n) is 6.71. The summed E-state index contributed by atoms with van der Waals surface area (Å²) in [5, 5.41) is 0. The Bertz CT molecular complexity index is 552. The summed E-state index contributed by atoms with van der Waals surface area (Å²) >= 11 is 3.38. The van der Waals surface area contributed by atoms with Crippen molar-refractivity contribution in [3.8, 4) is 5.75 Å². The van der Waals surface area contributed by atoms with Crippen molar-refractivity contribution in [1.29, 1.82) is 0 Å². The third kappa shape index (κ3) is 4.49. The summed E-state index contributed by atoms with van der Waals surface area (Å²) in [7, 11) is 0. The Kier molecular flexibility index (Phi) is 5.81. The fourth-order valence-electron chi connectivity index (χ4n) is 1.99. The van der Waals surface area contributed by atoms with Gasteiger partial charge >= 0.3 is 0 Å². The molecule has 0 amide bonds. The van der Waals surface area contributed by atoms with Gasteiger partial charge in [0.2, 0.25) is 0 Å². The van der Waals surface area contributed by atoms with E-state index in [1.165, 1.54) is 5.56 Å². The molecule has 0 heterocycles. The molecule has 0 unspecified atom stereocenters. The number of hydrogen-bond acceptors (Lipinski definition) is 2. The van der Waals surface area contributed by atoms with E-state index in [1.807, 2.05) is 18.2 Å². The van der Waals surface area contributed by atoms with Crippen LogP contribution in [0.3, 0.4) is 0 Å². The number of rotatable bonds is 7. The average molecular weight is 333 g/mol. The van der Waals surface area contributed by atoms with Crippen molar-refractivity contribution in [3.63, 3.8) is 0 Å². The van der Waals surface area contributed by atoms with Crippen LogP contribution < -0.4 is 4.74 Å². The van der Waals surface area contributed by atoms with Gasteiger partial charge in [0, 0.05) is 4.47 Å². The summed E-state index contributed by atoms with van der Waals surface area (Å²) < 4.78 is 6.60. The summed E-state index contributed by atoms with van der Waals surface area (Å²) in [5.41, 5.74) is 1.94. The highest BCUT2D eigenvalue weighted by Crippen LogP contribution is 2.22. The predicted molar refractivity (Wildman–Crippen MR) is 84.4 cm³/mol. The summed E-state index contributed by atoms with van der Waals surface area (Å²) in [6, 6.07) is 15.9. The van der Waals surface area contributed by atoms with E-state index in [1.54, 1.807) is 6.07 Å². The Balaban J connectivity index is 1.76. The van der Waals surface area contributed by atoms with Crippen LogP contribution in [0.5, 0.6) is 5.75 Å². The standard InChI is InChI=1S/C17H17BrO2/c18-16-10-9-15(13-19)17(12-16)20-11-5-4-8-14-6-2-1-3-7-14/h1-3,6-7,9-10,12-13H,4-5,8,11H2. The zero-order chi connectivity index (χ0) is 14.2. The predicted octanol–water partition coefficient (Wildman–Crippen LogP) is 4.66. The highest BCUT2D eigenvalue weighted by atomic mass is 79.9. The minimum Gasteiger partial charge on any atom is -0.493 e. The first-order chi connectivity index (χ1) is 9.79. The van der Waals surface area contributed by atoms with Gasteiger partial charge in [-0.25, -0.2) is 0 Å². The van der Waals surface area contributed by atoms with Crippen LogP contribution in [0.4, 0.5) is 0 Å². The van der Waals surface area contributed by atoms with Gasteiger partial charge < -0.3 is 4.74 Å². The summed E-state index contributed by atoms with van der Waals surface area (Å²) in [6.45, 7) is 0.629. The topological polar surface area (TPSA) is 26.3 Å². The Morgan fingerprint density at radius 3 is 2.60 bits per heavy atom. The number of aldehydes is 1.